The van der Waals surface area contributed by atoms with Crippen molar-refractivity contribution in [1.82, 2.24) is 14.8 Å². The van der Waals surface area contributed by atoms with E-state index in [4.69, 9.17) is 5.11 Å². The molecule has 3 aromatic rings. The molecule has 0 saturated carbocycles. The van der Waals surface area contributed by atoms with Crippen molar-refractivity contribution < 1.29 is 14.7 Å². The summed E-state index contributed by atoms with van der Waals surface area (Å²) in [5, 5.41) is 14.9. The Bertz CT molecular complexity index is 1110. The Hall–Kier alpha value is -3.42. The van der Waals surface area contributed by atoms with Crippen LogP contribution in [0, 0.1) is 13.8 Å². The van der Waals surface area contributed by atoms with Gasteiger partial charge in [-0.3, -0.25) is 24.2 Å². The summed E-state index contributed by atoms with van der Waals surface area (Å²) in [5.41, 5.74) is 3.37. The second kappa shape index (κ2) is 7.06. The van der Waals surface area contributed by atoms with E-state index in [1.54, 1.807) is 49.8 Å². The Morgan fingerprint density at radius 3 is 2.63 bits per heavy atom. The lowest BCUT2D eigenvalue weighted by Gasteiger charge is -2.12. The zero-order valence-corrected chi connectivity index (χ0v) is 15.3. The molecule has 3 rings (SSSR count). The summed E-state index contributed by atoms with van der Waals surface area (Å²) in [6.45, 7) is 3.60. The first kappa shape index (κ1) is 18.4. The van der Waals surface area contributed by atoms with E-state index in [0.717, 1.165) is 0 Å². The molecular weight excluding hydrogens is 348 g/mol. The third-order valence-electron chi connectivity index (χ3n) is 4.55. The first-order valence-electron chi connectivity index (χ1n) is 8.42. The topological polar surface area (TPSA) is 117 Å². The van der Waals surface area contributed by atoms with Gasteiger partial charge in [-0.05, 0) is 36.6 Å². The van der Waals surface area contributed by atoms with Gasteiger partial charge in [0.05, 0.1) is 18.2 Å². The van der Waals surface area contributed by atoms with Gasteiger partial charge in [0, 0.05) is 18.4 Å². The first-order chi connectivity index (χ1) is 12.8. The summed E-state index contributed by atoms with van der Waals surface area (Å²) in [4.78, 5) is 40.1. The highest BCUT2D eigenvalue weighted by Crippen LogP contribution is 2.21. The second-order valence-electron chi connectivity index (χ2n) is 6.45. The minimum atomic E-state index is -0.971. The number of carbonyl (C=O) groups is 2. The number of fused-ring (bicyclic) bond motifs is 1. The molecule has 0 unspecified atom stereocenters. The van der Waals surface area contributed by atoms with Gasteiger partial charge < -0.3 is 10.4 Å². The van der Waals surface area contributed by atoms with Crippen molar-refractivity contribution >= 4 is 28.6 Å². The number of aryl methyl sites for hydroxylation is 3. The molecule has 140 valence electrons. The molecule has 2 heterocycles. The molecule has 0 saturated heterocycles. The van der Waals surface area contributed by atoms with Gasteiger partial charge in [-0.15, -0.1) is 0 Å². The molecule has 1 amide bonds. The fraction of sp³-hybridized carbons (Fsp3) is 0.263. The van der Waals surface area contributed by atoms with Crippen LogP contribution < -0.4 is 10.9 Å². The largest absolute Gasteiger partial charge is 0.481 e. The van der Waals surface area contributed by atoms with E-state index in [1.807, 2.05) is 0 Å². The molecule has 0 spiro atoms. The van der Waals surface area contributed by atoms with Gasteiger partial charge in [0.25, 0.3) is 5.56 Å². The summed E-state index contributed by atoms with van der Waals surface area (Å²) >= 11 is 0. The third-order valence-corrected chi connectivity index (χ3v) is 4.55. The number of carboxylic acid groups (broad SMARTS) is 1. The molecule has 27 heavy (non-hydrogen) atoms. The smallest absolute Gasteiger partial charge is 0.307 e. The van der Waals surface area contributed by atoms with Crippen LogP contribution in [0.15, 0.2) is 29.1 Å². The lowest BCUT2D eigenvalue weighted by molar-refractivity contribution is -0.136. The number of hydrogen-bond acceptors (Lipinski definition) is 4. The highest BCUT2D eigenvalue weighted by atomic mass is 16.4. The van der Waals surface area contributed by atoms with Crippen molar-refractivity contribution in [3.8, 4) is 0 Å². The van der Waals surface area contributed by atoms with E-state index < -0.39 is 5.97 Å². The summed E-state index contributed by atoms with van der Waals surface area (Å²) in [6.07, 6.45) is -0.141. The summed E-state index contributed by atoms with van der Waals surface area (Å²) in [7, 11) is 1.71. The molecule has 8 nitrogen and oxygen atoms in total. The van der Waals surface area contributed by atoms with Crippen LogP contribution in [0.3, 0.4) is 0 Å². The van der Waals surface area contributed by atoms with Gasteiger partial charge in [0.15, 0.2) is 5.65 Å². The van der Waals surface area contributed by atoms with Crippen LogP contribution in [0.2, 0.25) is 0 Å². The highest BCUT2D eigenvalue weighted by molar-refractivity contribution is 5.94. The molecule has 0 aliphatic heterocycles. The number of rotatable bonds is 5. The first-order valence-corrected chi connectivity index (χ1v) is 8.42. The van der Waals surface area contributed by atoms with E-state index >= 15 is 0 Å². The number of aliphatic carboxylic acids is 1. The van der Waals surface area contributed by atoms with Crippen LogP contribution in [-0.2, 0) is 29.5 Å². The predicted molar refractivity (Wildman–Crippen MR) is 101 cm³/mol. The third kappa shape index (κ3) is 3.59. The van der Waals surface area contributed by atoms with Gasteiger partial charge in [-0.1, -0.05) is 18.2 Å². The second-order valence-corrected chi connectivity index (χ2v) is 6.45. The Morgan fingerprint density at radius 2 is 1.93 bits per heavy atom. The zero-order valence-electron chi connectivity index (χ0n) is 15.3. The molecular formula is C19H20N4O4. The van der Waals surface area contributed by atoms with Gasteiger partial charge in [0.1, 0.15) is 0 Å². The molecule has 8 heteroatoms. The number of pyridine rings is 1. The minimum absolute atomic E-state index is 0.0380. The Kier molecular flexibility index (Phi) is 4.81. The lowest BCUT2D eigenvalue weighted by Crippen LogP contribution is -2.18. The van der Waals surface area contributed by atoms with E-state index in [-0.39, 0.29) is 24.3 Å². The number of nitrogens with one attached hydrogen (secondary N) is 2. The molecule has 0 aliphatic carbocycles. The maximum absolute atomic E-state index is 12.6. The zero-order chi connectivity index (χ0) is 19.7. The number of benzene rings is 1. The number of H-pyrrole nitrogens is 1. The van der Waals surface area contributed by atoms with Crippen molar-refractivity contribution in [1.29, 1.82) is 0 Å². The molecule has 0 bridgehead atoms. The van der Waals surface area contributed by atoms with Crippen LogP contribution in [0.25, 0.3) is 11.0 Å². The number of carboxylic acids is 1. The molecule has 2 aromatic heterocycles. The molecule has 1 aromatic carbocycles. The summed E-state index contributed by atoms with van der Waals surface area (Å²) in [5.74, 6) is -1.27. The number of para-hydroxylation sites is 1. The maximum atomic E-state index is 12.6. The van der Waals surface area contributed by atoms with E-state index in [1.165, 1.54) is 0 Å². The molecule has 0 fully saturated rings. The summed E-state index contributed by atoms with van der Waals surface area (Å²) in [6, 6.07) is 6.78. The molecule has 0 atom stereocenters. The lowest BCUT2D eigenvalue weighted by atomic mass is 10.0. The predicted octanol–water partition coefficient (Wildman–Crippen LogP) is 1.69. The standard InChI is InChI=1S/C19H20N4O4/c1-10-13(11(2)20-18-17(10)19(27)22-23(18)3)9-15(24)21-14-7-5-4-6-12(14)8-16(25)26/h4-7H,8-9H2,1-3H3,(H,21,24)(H,22,27)(H,25,26). The van der Waals surface area contributed by atoms with Gasteiger partial charge >= 0.3 is 5.97 Å². The average molecular weight is 368 g/mol. The van der Waals surface area contributed by atoms with Crippen molar-refractivity contribution in [2.24, 2.45) is 7.05 Å². The number of nitrogens with zero attached hydrogens (tertiary/aromatic N) is 2. The molecule has 0 aliphatic rings. The number of carbonyl (C=O) groups excluding carboxylic acids is 1. The number of anilines is 1. The van der Waals surface area contributed by atoms with Gasteiger partial charge in [-0.2, -0.15) is 0 Å². The quantitative estimate of drug-likeness (QED) is 0.633. The van der Waals surface area contributed by atoms with Crippen LogP contribution in [0.4, 0.5) is 5.69 Å². The summed E-state index contributed by atoms with van der Waals surface area (Å²) < 4.78 is 1.56. The Labute approximate surface area is 154 Å². The SMILES string of the molecule is Cc1nc2c(c(C)c1CC(=O)Nc1ccccc1CC(=O)O)c(=O)[nH]n2C. The normalized spacial score (nSPS) is 10.9. The molecule has 3 N–H and O–H groups in total. The van der Waals surface area contributed by atoms with Crippen LogP contribution >= 0.6 is 0 Å². The fourth-order valence-electron chi connectivity index (χ4n) is 3.22. The van der Waals surface area contributed by atoms with Crippen LogP contribution in [-0.4, -0.2) is 31.7 Å². The monoisotopic (exact) mass is 368 g/mol. The van der Waals surface area contributed by atoms with Crippen LogP contribution in [0.1, 0.15) is 22.4 Å². The molecule has 0 radical (unpaired) electrons. The number of aromatic nitrogens is 3. The average Bonchev–Trinajstić information content (AvgIpc) is 2.86. The minimum Gasteiger partial charge on any atom is -0.481 e. The van der Waals surface area contributed by atoms with E-state index in [2.05, 4.69) is 15.4 Å². The Balaban J connectivity index is 1.90. The van der Waals surface area contributed by atoms with E-state index in [0.29, 0.717) is 39.1 Å². The number of amides is 1. The number of hydrogen-bond donors (Lipinski definition) is 3. The Morgan fingerprint density at radius 1 is 1.22 bits per heavy atom. The van der Waals surface area contributed by atoms with E-state index in [9.17, 15) is 14.4 Å². The van der Waals surface area contributed by atoms with Crippen LogP contribution in [0.5, 0.6) is 0 Å². The maximum Gasteiger partial charge on any atom is 0.307 e. The number of aromatic amines is 1. The van der Waals surface area contributed by atoms with Crippen molar-refractivity contribution in [2.75, 3.05) is 5.32 Å². The van der Waals surface area contributed by atoms with Crippen molar-refractivity contribution in [3.63, 3.8) is 0 Å². The van der Waals surface area contributed by atoms with Gasteiger partial charge in [0.2, 0.25) is 5.91 Å². The highest BCUT2D eigenvalue weighted by Gasteiger charge is 2.18. The van der Waals surface area contributed by atoms with Crippen molar-refractivity contribution in [3.05, 3.63) is 57.0 Å². The van der Waals surface area contributed by atoms with Crippen molar-refractivity contribution in [2.45, 2.75) is 26.7 Å². The fourth-order valence-corrected chi connectivity index (χ4v) is 3.22. The van der Waals surface area contributed by atoms with Gasteiger partial charge in [-0.25, -0.2) is 4.98 Å².